The molecular weight excluding hydrogens is 310 g/mol. The van der Waals surface area contributed by atoms with Crippen LogP contribution in [0.15, 0.2) is 36.4 Å². The van der Waals surface area contributed by atoms with Crippen molar-refractivity contribution in [2.24, 2.45) is 0 Å². The first-order chi connectivity index (χ1) is 11.6. The Hall–Kier alpha value is -2.89. The number of ether oxygens (including phenoxy) is 4. The predicted molar refractivity (Wildman–Crippen MR) is 91.4 cm³/mol. The van der Waals surface area contributed by atoms with Crippen LogP contribution in [0.25, 0.3) is 0 Å². The Bertz CT molecular complexity index is 715. The molecule has 0 bridgehead atoms. The lowest BCUT2D eigenvalue weighted by Gasteiger charge is -2.13. The molecule has 0 aromatic heterocycles. The number of aryl methyl sites for hydroxylation is 1. The van der Waals surface area contributed by atoms with Gasteiger partial charge in [0.25, 0.3) is 5.91 Å². The summed E-state index contributed by atoms with van der Waals surface area (Å²) >= 11 is 0. The van der Waals surface area contributed by atoms with Crippen LogP contribution < -0.4 is 24.3 Å². The molecule has 0 saturated carbocycles. The van der Waals surface area contributed by atoms with Gasteiger partial charge in [-0.15, -0.1) is 0 Å². The number of carbonyl (C=O) groups is 1. The fraction of sp³-hybridized carbons (Fsp3) is 0.278. The molecule has 1 N–H and O–H groups in total. The van der Waals surface area contributed by atoms with Crippen LogP contribution in [0.2, 0.25) is 0 Å². The van der Waals surface area contributed by atoms with E-state index in [0.29, 0.717) is 28.7 Å². The van der Waals surface area contributed by atoms with Crippen molar-refractivity contribution in [3.63, 3.8) is 0 Å². The Morgan fingerprint density at radius 3 is 2.29 bits per heavy atom. The second kappa shape index (κ2) is 8.10. The van der Waals surface area contributed by atoms with Gasteiger partial charge in [0.2, 0.25) is 0 Å². The molecule has 0 aliphatic heterocycles. The Balaban J connectivity index is 2.04. The van der Waals surface area contributed by atoms with Crippen LogP contribution in [-0.4, -0.2) is 33.8 Å². The Kier molecular flexibility index (Phi) is 5.89. The van der Waals surface area contributed by atoms with Crippen LogP contribution in [0, 0.1) is 6.92 Å². The highest BCUT2D eigenvalue weighted by atomic mass is 16.5. The number of nitrogens with one attached hydrogen (secondary N) is 1. The normalized spacial score (nSPS) is 10.0. The van der Waals surface area contributed by atoms with Crippen molar-refractivity contribution in [2.75, 3.05) is 33.3 Å². The number of amides is 1. The van der Waals surface area contributed by atoms with Crippen LogP contribution in [0.1, 0.15) is 5.56 Å². The summed E-state index contributed by atoms with van der Waals surface area (Å²) in [6, 6.07) is 10.7. The predicted octanol–water partition coefficient (Wildman–Crippen LogP) is 3.04. The maximum atomic E-state index is 12.1. The number of rotatable bonds is 7. The van der Waals surface area contributed by atoms with Crippen molar-refractivity contribution in [3.05, 3.63) is 42.0 Å². The molecule has 0 atom stereocenters. The monoisotopic (exact) mass is 331 g/mol. The summed E-state index contributed by atoms with van der Waals surface area (Å²) in [7, 11) is 4.65. The molecule has 0 aliphatic rings. The maximum Gasteiger partial charge on any atom is 0.262 e. The van der Waals surface area contributed by atoms with Crippen molar-refractivity contribution >= 4 is 11.6 Å². The Morgan fingerprint density at radius 2 is 1.62 bits per heavy atom. The minimum Gasteiger partial charge on any atom is -0.497 e. The number of anilines is 1. The highest BCUT2D eigenvalue weighted by Crippen LogP contribution is 2.30. The third-order valence-corrected chi connectivity index (χ3v) is 3.36. The van der Waals surface area contributed by atoms with Crippen molar-refractivity contribution < 1.29 is 23.7 Å². The summed E-state index contributed by atoms with van der Waals surface area (Å²) in [5.41, 5.74) is 1.56. The second-order valence-electron chi connectivity index (χ2n) is 5.06. The molecular formula is C18H21NO5. The van der Waals surface area contributed by atoms with Crippen molar-refractivity contribution in [1.82, 2.24) is 0 Å². The van der Waals surface area contributed by atoms with Gasteiger partial charge in [0.05, 0.1) is 27.0 Å². The minimum atomic E-state index is -0.316. The molecule has 0 unspecified atom stereocenters. The quantitative estimate of drug-likeness (QED) is 0.845. The van der Waals surface area contributed by atoms with E-state index in [1.165, 1.54) is 7.11 Å². The summed E-state index contributed by atoms with van der Waals surface area (Å²) in [4.78, 5) is 12.1. The van der Waals surface area contributed by atoms with E-state index in [9.17, 15) is 4.79 Å². The van der Waals surface area contributed by atoms with Crippen LogP contribution >= 0.6 is 0 Å². The van der Waals surface area contributed by atoms with E-state index < -0.39 is 0 Å². The molecule has 6 heteroatoms. The first kappa shape index (κ1) is 17.5. The van der Waals surface area contributed by atoms with Gasteiger partial charge >= 0.3 is 0 Å². The molecule has 0 fully saturated rings. The number of methoxy groups -OCH3 is 3. The fourth-order valence-electron chi connectivity index (χ4n) is 2.14. The molecule has 24 heavy (non-hydrogen) atoms. The van der Waals surface area contributed by atoms with Gasteiger partial charge in [0.1, 0.15) is 11.5 Å². The molecule has 0 radical (unpaired) electrons. The van der Waals surface area contributed by atoms with E-state index in [2.05, 4.69) is 5.32 Å². The van der Waals surface area contributed by atoms with Crippen molar-refractivity contribution in [1.29, 1.82) is 0 Å². The lowest BCUT2D eigenvalue weighted by Crippen LogP contribution is -2.20. The molecule has 1 amide bonds. The van der Waals surface area contributed by atoms with Crippen LogP contribution in [0.3, 0.4) is 0 Å². The third kappa shape index (κ3) is 4.32. The molecule has 2 aromatic carbocycles. The number of benzene rings is 2. The molecule has 0 aliphatic carbocycles. The van der Waals surface area contributed by atoms with Crippen molar-refractivity contribution in [3.8, 4) is 23.0 Å². The SMILES string of the molecule is COc1ccc(OC)c(NC(=O)COc2ccc(C)cc2OC)c1. The zero-order valence-corrected chi connectivity index (χ0v) is 14.2. The van der Waals surface area contributed by atoms with Gasteiger partial charge in [-0.1, -0.05) is 6.07 Å². The maximum absolute atomic E-state index is 12.1. The number of carbonyl (C=O) groups excluding carboxylic acids is 1. The molecule has 0 saturated heterocycles. The van der Waals surface area contributed by atoms with Gasteiger partial charge in [-0.3, -0.25) is 4.79 Å². The van der Waals surface area contributed by atoms with Crippen LogP contribution in [0.4, 0.5) is 5.69 Å². The van der Waals surface area contributed by atoms with Crippen LogP contribution in [0.5, 0.6) is 23.0 Å². The molecule has 6 nitrogen and oxygen atoms in total. The van der Waals surface area contributed by atoms with Gasteiger partial charge in [0, 0.05) is 6.07 Å². The lowest BCUT2D eigenvalue weighted by atomic mass is 10.2. The largest absolute Gasteiger partial charge is 0.497 e. The van der Waals surface area contributed by atoms with Gasteiger partial charge < -0.3 is 24.3 Å². The van der Waals surface area contributed by atoms with E-state index in [1.54, 1.807) is 38.5 Å². The Morgan fingerprint density at radius 1 is 0.917 bits per heavy atom. The first-order valence-electron chi connectivity index (χ1n) is 7.36. The summed E-state index contributed by atoms with van der Waals surface area (Å²) in [5.74, 6) is 1.94. The van der Waals surface area contributed by atoms with Gasteiger partial charge in [-0.2, -0.15) is 0 Å². The molecule has 0 spiro atoms. The van der Waals surface area contributed by atoms with E-state index in [0.717, 1.165) is 5.56 Å². The fourth-order valence-corrected chi connectivity index (χ4v) is 2.14. The van der Waals surface area contributed by atoms with E-state index in [-0.39, 0.29) is 12.5 Å². The van der Waals surface area contributed by atoms with Crippen LogP contribution in [-0.2, 0) is 4.79 Å². The number of hydrogen-bond donors (Lipinski definition) is 1. The Labute approximate surface area is 141 Å². The second-order valence-corrected chi connectivity index (χ2v) is 5.06. The minimum absolute atomic E-state index is 0.153. The lowest BCUT2D eigenvalue weighted by molar-refractivity contribution is -0.118. The summed E-state index contributed by atoms with van der Waals surface area (Å²) < 4.78 is 21.2. The molecule has 0 heterocycles. The molecule has 2 aromatic rings. The average molecular weight is 331 g/mol. The summed E-state index contributed by atoms with van der Waals surface area (Å²) in [6.45, 7) is 1.80. The summed E-state index contributed by atoms with van der Waals surface area (Å²) in [6.07, 6.45) is 0. The zero-order valence-electron chi connectivity index (χ0n) is 14.2. The first-order valence-corrected chi connectivity index (χ1v) is 7.36. The van der Waals surface area contributed by atoms with Gasteiger partial charge in [0.15, 0.2) is 18.1 Å². The average Bonchev–Trinajstić information content (AvgIpc) is 2.60. The van der Waals surface area contributed by atoms with E-state index in [1.807, 2.05) is 19.1 Å². The van der Waals surface area contributed by atoms with Gasteiger partial charge in [-0.25, -0.2) is 0 Å². The topological polar surface area (TPSA) is 66.0 Å². The number of hydrogen-bond acceptors (Lipinski definition) is 5. The standard InChI is InChI=1S/C18H21NO5/c1-12-5-7-16(17(9-12)23-4)24-11-18(20)19-14-10-13(21-2)6-8-15(14)22-3/h5-10H,11H2,1-4H3,(H,19,20). The molecule has 128 valence electrons. The van der Waals surface area contributed by atoms with E-state index in [4.69, 9.17) is 18.9 Å². The smallest absolute Gasteiger partial charge is 0.262 e. The zero-order chi connectivity index (χ0) is 17.5. The molecule has 2 rings (SSSR count). The van der Waals surface area contributed by atoms with Gasteiger partial charge in [-0.05, 0) is 36.8 Å². The highest BCUT2D eigenvalue weighted by molar-refractivity contribution is 5.93. The highest BCUT2D eigenvalue weighted by Gasteiger charge is 2.11. The third-order valence-electron chi connectivity index (χ3n) is 3.36. The summed E-state index contributed by atoms with van der Waals surface area (Å²) in [5, 5.41) is 2.75. The van der Waals surface area contributed by atoms with Crippen molar-refractivity contribution in [2.45, 2.75) is 6.92 Å². The van der Waals surface area contributed by atoms with E-state index >= 15 is 0 Å².